The third-order valence-electron chi connectivity index (χ3n) is 6.29. The van der Waals surface area contributed by atoms with Crippen LogP contribution in [-0.2, 0) is 0 Å². The molecule has 0 aliphatic heterocycles. The molecule has 0 unspecified atom stereocenters. The van der Waals surface area contributed by atoms with Crippen molar-refractivity contribution < 1.29 is 18.9 Å². The van der Waals surface area contributed by atoms with E-state index in [9.17, 15) is 0 Å². The molecule has 0 fully saturated rings. The number of fused-ring (bicyclic) bond motifs is 2. The lowest BCUT2D eigenvalue weighted by molar-refractivity contribution is 0.397. The molecule has 0 atom stereocenters. The van der Waals surface area contributed by atoms with Crippen molar-refractivity contribution in [3.63, 3.8) is 0 Å². The third kappa shape index (κ3) is 3.30. The lowest BCUT2D eigenvalue weighted by atomic mass is 9.85. The van der Waals surface area contributed by atoms with Gasteiger partial charge in [-0.3, -0.25) is 0 Å². The van der Waals surface area contributed by atoms with Gasteiger partial charge < -0.3 is 18.9 Å². The molecule has 4 heteroatoms. The fourth-order valence-electron chi connectivity index (χ4n) is 4.86. The Hall–Kier alpha value is -4.18. The van der Waals surface area contributed by atoms with Crippen LogP contribution in [0.25, 0.3) is 43.8 Å². The number of ether oxygens (including phenoxy) is 4. The fraction of sp³-hybridized carbons (Fsp3) is 0.133. The number of rotatable bonds is 6. The Labute approximate surface area is 199 Å². The summed E-state index contributed by atoms with van der Waals surface area (Å²) in [5.74, 6) is 3.05. The second-order valence-corrected chi connectivity index (χ2v) is 7.92. The highest BCUT2D eigenvalue weighted by Crippen LogP contribution is 2.51. The van der Waals surface area contributed by atoms with Crippen molar-refractivity contribution in [3.05, 3.63) is 84.9 Å². The molecule has 0 N–H and O–H groups in total. The molecule has 0 radical (unpaired) electrons. The molecule has 34 heavy (non-hydrogen) atoms. The lowest BCUT2D eigenvalue weighted by Gasteiger charge is -2.22. The first-order valence-corrected chi connectivity index (χ1v) is 11.1. The highest BCUT2D eigenvalue weighted by Gasteiger charge is 2.24. The summed E-state index contributed by atoms with van der Waals surface area (Å²) in [7, 11) is 6.76. The maximum atomic E-state index is 5.81. The van der Waals surface area contributed by atoms with Crippen LogP contribution in [-0.4, -0.2) is 28.4 Å². The molecule has 0 aliphatic rings. The minimum absolute atomic E-state index is 0.761. The van der Waals surface area contributed by atoms with E-state index < -0.39 is 0 Å². The third-order valence-corrected chi connectivity index (χ3v) is 6.29. The van der Waals surface area contributed by atoms with E-state index in [2.05, 4.69) is 48.5 Å². The molecule has 5 rings (SSSR count). The van der Waals surface area contributed by atoms with Crippen molar-refractivity contribution in [1.82, 2.24) is 0 Å². The summed E-state index contributed by atoms with van der Waals surface area (Å²) in [6.45, 7) is 0. The van der Waals surface area contributed by atoms with Gasteiger partial charge in [-0.1, -0.05) is 60.7 Å². The van der Waals surface area contributed by atoms with E-state index in [-0.39, 0.29) is 0 Å². The predicted molar refractivity (Wildman–Crippen MR) is 139 cm³/mol. The Bertz CT molecular complexity index is 1290. The van der Waals surface area contributed by atoms with Gasteiger partial charge in [-0.05, 0) is 45.8 Å². The Morgan fingerprint density at radius 1 is 0.324 bits per heavy atom. The second kappa shape index (κ2) is 8.99. The van der Waals surface area contributed by atoms with E-state index >= 15 is 0 Å². The van der Waals surface area contributed by atoms with Crippen molar-refractivity contribution in [2.24, 2.45) is 0 Å². The van der Waals surface area contributed by atoms with Crippen LogP contribution >= 0.6 is 0 Å². The Morgan fingerprint density at radius 3 is 0.824 bits per heavy atom. The Kier molecular flexibility index (Phi) is 5.72. The summed E-state index contributed by atoms with van der Waals surface area (Å²) >= 11 is 0. The molecule has 0 saturated carbocycles. The van der Waals surface area contributed by atoms with Crippen molar-refractivity contribution in [2.45, 2.75) is 0 Å². The van der Waals surface area contributed by atoms with Crippen LogP contribution in [0.3, 0.4) is 0 Å². The first-order valence-electron chi connectivity index (χ1n) is 11.1. The van der Waals surface area contributed by atoms with Gasteiger partial charge in [0.1, 0.15) is 23.0 Å². The molecular weight excluding hydrogens is 424 g/mol. The van der Waals surface area contributed by atoms with Gasteiger partial charge in [0.15, 0.2) is 0 Å². The van der Waals surface area contributed by atoms with E-state index in [0.29, 0.717) is 0 Å². The Balaban J connectivity index is 2.04. The average Bonchev–Trinajstić information content (AvgIpc) is 2.90. The van der Waals surface area contributed by atoms with Crippen molar-refractivity contribution >= 4 is 21.5 Å². The van der Waals surface area contributed by atoms with E-state index in [0.717, 1.165) is 66.8 Å². The summed E-state index contributed by atoms with van der Waals surface area (Å²) < 4.78 is 23.2. The van der Waals surface area contributed by atoms with Crippen LogP contribution in [0.15, 0.2) is 84.9 Å². The van der Waals surface area contributed by atoms with Crippen LogP contribution in [0.5, 0.6) is 23.0 Å². The Morgan fingerprint density at radius 2 is 0.588 bits per heavy atom. The average molecular weight is 451 g/mol. The van der Waals surface area contributed by atoms with Crippen LogP contribution < -0.4 is 18.9 Å². The number of hydrogen-bond donors (Lipinski definition) is 0. The van der Waals surface area contributed by atoms with Gasteiger partial charge in [-0.15, -0.1) is 0 Å². The van der Waals surface area contributed by atoms with E-state index in [1.54, 1.807) is 28.4 Å². The summed E-state index contributed by atoms with van der Waals surface area (Å²) in [6, 6.07) is 28.6. The van der Waals surface area contributed by atoms with Crippen LogP contribution in [0, 0.1) is 0 Å². The molecule has 170 valence electrons. The van der Waals surface area contributed by atoms with E-state index in [4.69, 9.17) is 18.9 Å². The number of benzene rings is 5. The monoisotopic (exact) mass is 450 g/mol. The van der Waals surface area contributed by atoms with Crippen LogP contribution in [0.1, 0.15) is 0 Å². The number of methoxy groups -OCH3 is 4. The summed E-state index contributed by atoms with van der Waals surface area (Å²) in [5.41, 5.74) is 3.99. The fourth-order valence-corrected chi connectivity index (χ4v) is 4.86. The van der Waals surface area contributed by atoms with Gasteiger partial charge in [-0.25, -0.2) is 0 Å². The molecule has 4 nitrogen and oxygen atoms in total. The standard InChI is InChI=1S/C30H26O4/c1-31-23-15-9-16-24(32-2)29(23)27-19-11-5-7-13-21(19)28(22-14-8-6-12-20(22)27)30-25(33-3)17-10-18-26(30)34-4/h5-18H,1-4H3. The lowest BCUT2D eigenvalue weighted by Crippen LogP contribution is -1.98. The number of hydrogen-bond acceptors (Lipinski definition) is 4. The molecule has 0 spiro atoms. The first kappa shape index (κ1) is 21.7. The summed E-state index contributed by atoms with van der Waals surface area (Å²) in [6.07, 6.45) is 0. The molecule has 0 bridgehead atoms. The minimum atomic E-state index is 0.761. The highest BCUT2D eigenvalue weighted by molar-refractivity contribution is 6.23. The highest BCUT2D eigenvalue weighted by atomic mass is 16.5. The van der Waals surface area contributed by atoms with Gasteiger partial charge in [0, 0.05) is 11.1 Å². The summed E-state index contributed by atoms with van der Waals surface area (Å²) in [4.78, 5) is 0. The van der Waals surface area contributed by atoms with Crippen molar-refractivity contribution in [3.8, 4) is 45.3 Å². The quantitative estimate of drug-likeness (QED) is 0.253. The van der Waals surface area contributed by atoms with Gasteiger partial charge in [-0.2, -0.15) is 0 Å². The first-order chi connectivity index (χ1) is 16.7. The van der Waals surface area contributed by atoms with Crippen molar-refractivity contribution in [1.29, 1.82) is 0 Å². The van der Waals surface area contributed by atoms with E-state index in [1.165, 1.54) is 0 Å². The zero-order chi connectivity index (χ0) is 23.7. The zero-order valence-electron chi connectivity index (χ0n) is 19.7. The molecule has 5 aromatic carbocycles. The van der Waals surface area contributed by atoms with Crippen LogP contribution in [0.4, 0.5) is 0 Å². The van der Waals surface area contributed by atoms with Gasteiger partial charge in [0.2, 0.25) is 0 Å². The molecule has 0 aromatic heterocycles. The molecule has 5 aromatic rings. The maximum Gasteiger partial charge on any atom is 0.130 e. The van der Waals surface area contributed by atoms with Gasteiger partial charge in [0.25, 0.3) is 0 Å². The minimum Gasteiger partial charge on any atom is -0.496 e. The zero-order valence-corrected chi connectivity index (χ0v) is 19.7. The molecule has 0 heterocycles. The van der Waals surface area contributed by atoms with Gasteiger partial charge >= 0.3 is 0 Å². The summed E-state index contributed by atoms with van der Waals surface area (Å²) in [5, 5.41) is 4.36. The largest absolute Gasteiger partial charge is 0.496 e. The maximum absolute atomic E-state index is 5.81. The molecule has 0 saturated heterocycles. The SMILES string of the molecule is COc1cccc(OC)c1-c1c2ccccc2c(-c2c(OC)cccc2OC)c2ccccc12. The molecule has 0 amide bonds. The predicted octanol–water partition coefficient (Wildman–Crippen LogP) is 7.36. The second-order valence-electron chi connectivity index (χ2n) is 7.92. The van der Waals surface area contributed by atoms with Crippen molar-refractivity contribution in [2.75, 3.05) is 28.4 Å². The van der Waals surface area contributed by atoms with Gasteiger partial charge in [0.05, 0.1) is 39.6 Å². The van der Waals surface area contributed by atoms with Crippen LogP contribution in [0.2, 0.25) is 0 Å². The smallest absolute Gasteiger partial charge is 0.130 e. The topological polar surface area (TPSA) is 36.9 Å². The normalized spacial score (nSPS) is 10.9. The van der Waals surface area contributed by atoms with E-state index in [1.807, 2.05) is 36.4 Å². The molecule has 0 aliphatic carbocycles. The molecular formula is C30H26O4.